The molecule has 2 N–H and O–H groups in total. The molecule has 0 heterocycles. The van der Waals surface area contributed by atoms with Gasteiger partial charge >= 0.3 is 0 Å². The van der Waals surface area contributed by atoms with Crippen molar-refractivity contribution < 1.29 is 5.11 Å². The van der Waals surface area contributed by atoms with Crippen LogP contribution in [0.15, 0.2) is 22.7 Å². The Morgan fingerprint density at radius 1 is 1.40 bits per heavy atom. The molecule has 0 aliphatic heterocycles. The Morgan fingerprint density at radius 2 is 2.20 bits per heavy atom. The van der Waals surface area contributed by atoms with Crippen molar-refractivity contribution in [2.24, 2.45) is 0 Å². The van der Waals surface area contributed by atoms with Crippen LogP contribution >= 0.6 is 27.5 Å². The summed E-state index contributed by atoms with van der Waals surface area (Å²) in [6, 6.07) is 5.89. The molecule has 82 valence electrons. The van der Waals surface area contributed by atoms with Gasteiger partial charge < -0.3 is 10.4 Å². The number of anilines is 1. The van der Waals surface area contributed by atoms with Gasteiger partial charge in [-0.05, 0) is 53.4 Å². The summed E-state index contributed by atoms with van der Waals surface area (Å²) in [7, 11) is 0. The Kier molecular flexibility index (Phi) is 3.54. The SMILES string of the molecule is O[C@@H]1CCC[C@H]1Nc1ccc(Cl)c(Br)c1. The minimum Gasteiger partial charge on any atom is -0.391 e. The van der Waals surface area contributed by atoms with E-state index in [1.165, 1.54) is 0 Å². The molecule has 0 unspecified atom stereocenters. The fourth-order valence-corrected chi connectivity index (χ4v) is 2.41. The van der Waals surface area contributed by atoms with Crippen LogP contribution in [-0.2, 0) is 0 Å². The van der Waals surface area contributed by atoms with Gasteiger partial charge in [-0.15, -0.1) is 0 Å². The van der Waals surface area contributed by atoms with Crippen molar-refractivity contribution in [1.82, 2.24) is 0 Å². The molecule has 1 aliphatic carbocycles. The molecule has 1 aromatic rings. The molecule has 2 nitrogen and oxygen atoms in total. The predicted molar refractivity (Wildman–Crippen MR) is 66.4 cm³/mol. The van der Waals surface area contributed by atoms with Crippen molar-refractivity contribution in [3.8, 4) is 0 Å². The third kappa shape index (κ3) is 2.65. The molecule has 1 saturated carbocycles. The zero-order chi connectivity index (χ0) is 10.8. The number of halogens is 2. The quantitative estimate of drug-likeness (QED) is 0.874. The molecule has 15 heavy (non-hydrogen) atoms. The van der Waals surface area contributed by atoms with Crippen LogP contribution < -0.4 is 5.32 Å². The summed E-state index contributed by atoms with van der Waals surface area (Å²) in [5, 5.41) is 13.7. The van der Waals surface area contributed by atoms with Crippen molar-refractivity contribution >= 4 is 33.2 Å². The summed E-state index contributed by atoms with van der Waals surface area (Å²) in [5.74, 6) is 0. The van der Waals surface area contributed by atoms with Crippen molar-refractivity contribution in [3.63, 3.8) is 0 Å². The predicted octanol–water partition coefficient (Wildman–Crippen LogP) is 3.43. The monoisotopic (exact) mass is 289 g/mol. The summed E-state index contributed by atoms with van der Waals surface area (Å²) >= 11 is 9.28. The molecular formula is C11H13BrClNO. The minimum atomic E-state index is -0.223. The summed E-state index contributed by atoms with van der Waals surface area (Å²) in [6.07, 6.45) is 2.79. The van der Waals surface area contributed by atoms with E-state index in [-0.39, 0.29) is 12.1 Å². The van der Waals surface area contributed by atoms with Gasteiger partial charge in [0.05, 0.1) is 17.2 Å². The first-order valence-electron chi connectivity index (χ1n) is 5.06. The summed E-state index contributed by atoms with van der Waals surface area (Å²) in [5.41, 5.74) is 0.997. The molecule has 4 heteroatoms. The van der Waals surface area contributed by atoms with Gasteiger partial charge in [-0.2, -0.15) is 0 Å². The van der Waals surface area contributed by atoms with E-state index in [0.717, 1.165) is 29.4 Å². The highest BCUT2D eigenvalue weighted by Crippen LogP contribution is 2.28. The van der Waals surface area contributed by atoms with Gasteiger partial charge in [-0.3, -0.25) is 0 Å². The number of aliphatic hydroxyl groups excluding tert-OH is 1. The first-order valence-corrected chi connectivity index (χ1v) is 6.23. The summed E-state index contributed by atoms with van der Waals surface area (Å²) < 4.78 is 0.877. The number of rotatable bonds is 2. The van der Waals surface area contributed by atoms with Crippen LogP contribution in [0, 0.1) is 0 Å². The number of hydrogen-bond donors (Lipinski definition) is 2. The van der Waals surface area contributed by atoms with E-state index in [9.17, 15) is 5.11 Å². The van der Waals surface area contributed by atoms with E-state index >= 15 is 0 Å². The Bertz CT molecular complexity index is 358. The Balaban J connectivity index is 2.07. The van der Waals surface area contributed by atoms with E-state index in [2.05, 4.69) is 21.2 Å². The normalized spacial score (nSPS) is 25.5. The molecule has 2 rings (SSSR count). The lowest BCUT2D eigenvalue weighted by atomic mass is 10.2. The zero-order valence-corrected chi connectivity index (χ0v) is 10.6. The van der Waals surface area contributed by atoms with Crippen molar-refractivity contribution in [3.05, 3.63) is 27.7 Å². The van der Waals surface area contributed by atoms with Crippen LogP contribution in [0.3, 0.4) is 0 Å². The van der Waals surface area contributed by atoms with Gasteiger partial charge in [-0.1, -0.05) is 11.6 Å². The van der Waals surface area contributed by atoms with Crippen molar-refractivity contribution in [2.75, 3.05) is 5.32 Å². The van der Waals surface area contributed by atoms with E-state index in [1.807, 2.05) is 18.2 Å². The Morgan fingerprint density at radius 3 is 2.80 bits per heavy atom. The molecule has 0 bridgehead atoms. The van der Waals surface area contributed by atoms with Crippen molar-refractivity contribution in [2.45, 2.75) is 31.4 Å². The van der Waals surface area contributed by atoms with Gasteiger partial charge in [0, 0.05) is 10.2 Å². The minimum absolute atomic E-state index is 0.179. The molecule has 0 saturated heterocycles. The fraction of sp³-hybridized carbons (Fsp3) is 0.455. The highest BCUT2D eigenvalue weighted by Gasteiger charge is 2.24. The first-order chi connectivity index (χ1) is 7.16. The highest BCUT2D eigenvalue weighted by molar-refractivity contribution is 9.10. The van der Waals surface area contributed by atoms with Gasteiger partial charge in [-0.25, -0.2) is 0 Å². The molecular weight excluding hydrogens is 277 g/mol. The zero-order valence-electron chi connectivity index (χ0n) is 8.21. The van der Waals surface area contributed by atoms with E-state index < -0.39 is 0 Å². The van der Waals surface area contributed by atoms with Gasteiger partial charge in [0.1, 0.15) is 0 Å². The van der Waals surface area contributed by atoms with E-state index in [1.54, 1.807) is 0 Å². The largest absolute Gasteiger partial charge is 0.391 e. The smallest absolute Gasteiger partial charge is 0.0741 e. The third-order valence-corrected chi connectivity index (χ3v) is 3.97. The van der Waals surface area contributed by atoms with Crippen LogP contribution in [0.4, 0.5) is 5.69 Å². The Hall–Kier alpha value is -0.250. The number of aliphatic hydroxyl groups is 1. The second-order valence-corrected chi connectivity index (χ2v) is 5.14. The lowest BCUT2D eigenvalue weighted by Gasteiger charge is -2.18. The summed E-state index contributed by atoms with van der Waals surface area (Å²) in [4.78, 5) is 0. The maximum Gasteiger partial charge on any atom is 0.0741 e. The molecule has 0 spiro atoms. The highest BCUT2D eigenvalue weighted by atomic mass is 79.9. The third-order valence-electron chi connectivity index (χ3n) is 2.75. The molecule has 1 aromatic carbocycles. The molecule has 2 atom stereocenters. The van der Waals surface area contributed by atoms with Crippen molar-refractivity contribution in [1.29, 1.82) is 0 Å². The fourth-order valence-electron chi connectivity index (χ4n) is 1.91. The Labute approximate surface area is 103 Å². The number of nitrogens with one attached hydrogen (secondary N) is 1. The topological polar surface area (TPSA) is 32.3 Å². The van der Waals surface area contributed by atoms with Gasteiger partial charge in [0.25, 0.3) is 0 Å². The van der Waals surface area contributed by atoms with Crippen LogP contribution in [0.2, 0.25) is 5.02 Å². The molecule has 0 radical (unpaired) electrons. The molecule has 1 fully saturated rings. The molecule has 0 amide bonds. The standard InChI is InChI=1S/C11H13BrClNO/c12-8-6-7(4-5-9(8)13)14-10-2-1-3-11(10)15/h4-6,10-11,14-15H,1-3H2/t10-,11-/m1/s1. The average Bonchev–Trinajstić information content (AvgIpc) is 2.59. The number of hydrogen-bond acceptors (Lipinski definition) is 2. The van der Waals surface area contributed by atoms with Crippen LogP contribution in [-0.4, -0.2) is 17.3 Å². The maximum atomic E-state index is 9.67. The lowest BCUT2D eigenvalue weighted by molar-refractivity contribution is 0.172. The van der Waals surface area contributed by atoms with E-state index in [4.69, 9.17) is 11.6 Å². The van der Waals surface area contributed by atoms with Crippen LogP contribution in [0.1, 0.15) is 19.3 Å². The lowest BCUT2D eigenvalue weighted by Crippen LogP contribution is -2.27. The van der Waals surface area contributed by atoms with Crippen LogP contribution in [0.5, 0.6) is 0 Å². The maximum absolute atomic E-state index is 9.67. The summed E-state index contributed by atoms with van der Waals surface area (Å²) in [6.45, 7) is 0. The second-order valence-electron chi connectivity index (χ2n) is 3.88. The van der Waals surface area contributed by atoms with Gasteiger partial charge in [0.2, 0.25) is 0 Å². The number of benzene rings is 1. The van der Waals surface area contributed by atoms with Crippen LogP contribution in [0.25, 0.3) is 0 Å². The molecule has 0 aromatic heterocycles. The average molecular weight is 291 g/mol. The first kappa shape index (κ1) is 11.2. The van der Waals surface area contributed by atoms with E-state index in [0.29, 0.717) is 5.02 Å². The van der Waals surface area contributed by atoms with Gasteiger partial charge in [0.15, 0.2) is 0 Å². The second kappa shape index (κ2) is 4.73. The molecule has 1 aliphatic rings.